The predicted octanol–water partition coefficient (Wildman–Crippen LogP) is 1.36. The second kappa shape index (κ2) is 6.42. The summed E-state index contributed by atoms with van der Waals surface area (Å²) in [7, 11) is 0. The van der Waals surface area contributed by atoms with Crippen LogP contribution in [0, 0.1) is 0 Å². The molecule has 6 heteroatoms. The average molecular weight is 309 g/mol. The molecule has 0 unspecified atom stereocenters. The van der Waals surface area contributed by atoms with Crippen LogP contribution in [0.25, 0.3) is 0 Å². The number of carbonyl (C=O) groups excluding carboxylic acids is 1. The van der Waals surface area contributed by atoms with Gasteiger partial charge in [0.2, 0.25) is 5.91 Å². The van der Waals surface area contributed by atoms with E-state index in [1.807, 2.05) is 11.1 Å². The maximum Gasteiger partial charge on any atom is 0.236 e. The summed E-state index contributed by atoms with van der Waals surface area (Å²) in [5, 5.41) is 3.29. The summed E-state index contributed by atoms with van der Waals surface area (Å²) >= 11 is 1.75. The zero-order valence-corrected chi connectivity index (χ0v) is 13.4. The normalized spacial score (nSPS) is 23.2. The van der Waals surface area contributed by atoms with Crippen LogP contribution in [-0.4, -0.2) is 66.6 Å². The molecule has 2 fully saturated rings. The van der Waals surface area contributed by atoms with Gasteiger partial charge in [-0.1, -0.05) is 6.92 Å². The minimum Gasteiger partial charge on any atom is -0.378 e. The number of hydrogen-bond donors (Lipinski definition) is 0. The topological polar surface area (TPSA) is 45.7 Å². The number of rotatable bonds is 3. The SMILES string of the molecule is CC1(c2nccs2)CCN(CC(=O)N2CCOCC2)CC1. The Morgan fingerprint density at radius 1 is 1.33 bits per heavy atom. The lowest BCUT2D eigenvalue weighted by atomic mass is 9.81. The van der Waals surface area contributed by atoms with Gasteiger partial charge < -0.3 is 9.64 Å². The number of thiazole rings is 1. The Morgan fingerprint density at radius 2 is 2.05 bits per heavy atom. The summed E-state index contributed by atoms with van der Waals surface area (Å²) in [6.07, 6.45) is 4.05. The van der Waals surface area contributed by atoms with Crippen molar-refractivity contribution in [2.24, 2.45) is 0 Å². The highest BCUT2D eigenvalue weighted by Crippen LogP contribution is 2.35. The van der Waals surface area contributed by atoms with E-state index in [1.54, 1.807) is 11.3 Å². The molecule has 21 heavy (non-hydrogen) atoms. The molecule has 1 amide bonds. The molecular formula is C15H23N3O2S. The number of amides is 1. The molecule has 0 aliphatic carbocycles. The third kappa shape index (κ3) is 3.44. The summed E-state index contributed by atoms with van der Waals surface area (Å²) < 4.78 is 5.30. The molecule has 0 bridgehead atoms. The van der Waals surface area contributed by atoms with Crippen LogP contribution in [0.3, 0.4) is 0 Å². The molecule has 0 spiro atoms. The number of nitrogens with zero attached hydrogens (tertiary/aromatic N) is 3. The number of aromatic nitrogens is 1. The maximum absolute atomic E-state index is 12.3. The molecular weight excluding hydrogens is 286 g/mol. The first-order valence-electron chi connectivity index (χ1n) is 7.65. The Bertz CT molecular complexity index is 463. The fraction of sp³-hybridized carbons (Fsp3) is 0.733. The van der Waals surface area contributed by atoms with Gasteiger partial charge >= 0.3 is 0 Å². The van der Waals surface area contributed by atoms with Crippen LogP contribution in [0.2, 0.25) is 0 Å². The van der Waals surface area contributed by atoms with E-state index >= 15 is 0 Å². The lowest BCUT2D eigenvalue weighted by Crippen LogP contribution is -2.48. The minimum atomic E-state index is 0.187. The largest absolute Gasteiger partial charge is 0.378 e. The molecule has 3 heterocycles. The van der Waals surface area contributed by atoms with Crippen molar-refractivity contribution >= 4 is 17.2 Å². The van der Waals surface area contributed by atoms with E-state index in [9.17, 15) is 4.79 Å². The molecule has 2 aliphatic heterocycles. The molecule has 0 aromatic carbocycles. The molecule has 0 atom stereocenters. The van der Waals surface area contributed by atoms with Gasteiger partial charge in [0.25, 0.3) is 0 Å². The van der Waals surface area contributed by atoms with Gasteiger partial charge in [-0.05, 0) is 25.9 Å². The second-order valence-corrected chi connectivity index (χ2v) is 7.06. The van der Waals surface area contributed by atoms with E-state index in [-0.39, 0.29) is 11.3 Å². The van der Waals surface area contributed by atoms with Crippen LogP contribution in [0.15, 0.2) is 11.6 Å². The lowest BCUT2D eigenvalue weighted by Gasteiger charge is -2.38. The molecule has 0 saturated carbocycles. The van der Waals surface area contributed by atoms with E-state index in [4.69, 9.17) is 4.74 Å². The maximum atomic E-state index is 12.3. The highest BCUT2D eigenvalue weighted by Gasteiger charge is 2.34. The van der Waals surface area contributed by atoms with Crippen molar-refractivity contribution in [1.82, 2.24) is 14.8 Å². The molecule has 2 aliphatic rings. The third-order valence-electron chi connectivity index (χ3n) is 4.63. The first-order valence-corrected chi connectivity index (χ1v) is 8.53. The molecule has 1 aromatic rings. The van der Waals surface area contributed by atoms with Crippen LogP contribution >= 0.6 is 11.3 Å². The predicted molar refractivity (Wildman–Crippen MR) is 82.5 cm³/mol. The van der Waals surface area contributed by atoms with Crippen molar-refractivity contribution in [2.75, 3.05) is 45.9 Å². The van der Waals surface area contributed by atoms with Crippen LogP contribution < -0.4 is 0 Å². The monoisotopic (exact) mass is 309 g/mol. The van der Waals surface area contributed by atoms with E-state index in [0.29, 0.717) is 19.8 Å². The van der Waals surface area contributed by atoms with Crippen molar-refractivity contribution in [1.29, 1.82) is 0 Å². The second-order valence-electron chi connectivity index (χ2n) is 6.17. The van der Waals surface area contributed by atoms with Crippen LogP contribution in [-0.2, 0) is 14.9 Å². The number of hydrogen-bond acceptors (Lipinski definition) is 5. The van der Waals surface area contributed by atoms with Crippen LogP contribution in [0.5, 0.6) is 0 Å². The smallest absolute Gasteiger partial charge is 0.236 e. The van der Waals surface area contributed by atoms with Gasteiger partial charge in [0.1, 0.15) is 0 Å². The number of ether oxygens (including phenoxy) is 1. The van der Waals surface area contributed by atoms with Gasteiger partial charge in [-0.3, -0.25) is 9.69 Å². The minimum absolute atomic E-state index is 0.187. The van der Waals surface area contributed by atoms with Crippen molar-refractivity contribution in [3.8, 4) is 0 Å². The van der Waals surface area contributed by atoms with Crippen molar-refractivity contribution in [3.05, 3.63) is 16.6 Å². The Hall–Kier alpha value is -0.980. The van der Waals surface area contributed by atoms with Crippen molar-refractivity contribution in [2.45, 2.75) is 25.2 Å². The molecule has 1 aromatic heterocycles. The zero-order chi connectivity index (χ0) is 14.7. The van der Waals surface area contributed by atoms with E-state index in [0.717, 1.165) is 39.0 Å². The first-order chi connectivity index (χ1) is 10.2. The van der Waals surface area contributed by atoms with Gasteiger partial charge in [0, 0.05) is 30.1 Å². The fourth-order valence-corrected chi connectivity index (χ4v) is 3.91. The van der Waals surface area contributed by atoms with Crippen LogP contribution in [0.1, 0.15) is 24.8 Å². The van der Waals surface area contributed by atoms with Gasteiger partial charge in [-0.2, -0.15) is 0 Å². The van der Waals surface area contributed by atoms with E-state index in [1.165, 1.54) is 5.01 Å². The summed E-state index contributed by atoms with van der Waals surface area (Å²) in [5.41, 5.74) is 0.187. The summed E-state index contributed by atoms with van der Waals surface area (Å²) in [6, 6.07) is 0. The molecule has 2 saturated heterocycles. The standard InChI is InChI=1S/C15H23N3O2S/c1-15(14-16-4-11-21-14)2-5-17(6-3-15)12-13(19)18-7-9-20-10-8-18/h4,11H,2-3,5-10,12H2,1H3. The number of carbonyl (C=O) groups is 1. The summed E-state index contributed by atoms with van der Waals surface area (Å²) in [5.74, 6) is 0.246. The van der Waals surface area contributed by atoms with E-state index in [2.05, 4.69) is 22.2 Å². The Balaban J connectivity index is 1.50. The average Bonchev–Trinajstić information content (AvgIpc) is 3.06. The van der Waals surface area contributed by atoms with Crippen molar-refractivity contribution < 1.29 is 9.53 Å². The zero-order valence-electron chi connectivity index (χ0n) is 12.6. The quantitative estimate of drug-likeness (QED) is 0.846. The Morgan fingerprint density at radius 3 is 2.67 bits per heavy atom. The van der Waals surface area contributed by atoms with Crippen LogP contribution in [0.4, 0.5) is 0 Å². The molecule has 0 N–H and O–H groups in total. The first kappa shape index (κ1) is 14.9. The van der Waals surface area contributed by atoms with Gasteiger partial charge in [0.15, 0.2) is 0 Å². The lowest BCUT2D eigenvalue weighted by molar-refractivity contribution is -0.136. The molecule has 116 valence electrons. The Kier molecular flexibility index (Phi) is 4.57. The number of likely N-dealkylation sites (tertiary alicyclic amines) is 1. The summed E-state index contributed by atoms with van der Waals surface area (Å²) in [6.45, 7) is 7.63. The molecule has 0 radical (unpaired) electrons. The third-order valence-corrected chi connectivity index (χ3v) is 5.71. The highest BCUT2D eigenvalue weighted by atomic mass is 32.1. The van der Waals surface area contributed by atoms with E-state index < -0.39 is 0 Å². The molecule has 5 nitrogen and oxygen atoms in total. The van der Waals surface area contributed by atoms with Gasteiger partial charge in [0.05, 0.1) is 24.8 Å². The van der Waals surface area contributed by atoms with Gasteiger partial charge in [-0.25, -0.2) is 4.98 Å². The van der Waals surface area contributed by atoms with Gasteiger partial charge in [-0.15, -0.1) is 11.3 Å². The summed E-state index contributed by atoms with van der Waals surface area (Å²) in [4.78, 5) is 21.0. The highest BCUT2D eigenvalue weighted by molar-refractivity contribution is 7.09. The fourth-order valence-electron chi connectivity index (χ4n) is 3.04. The number of piperidine rings is 1. The molecule has 3 rings (SSSR count). The van der Waals surface area contributed by atoms with Crippen molar-refractivity contribution in [3.63, 3.8) is 0 Å². The number of morpholine rings is 1. The Labute approximate surface area is 129 Å².